The first-order chi connectivity index (χ1) is 12.6. The van der Waals surface area contributed by atoms with Crippen LogP contribution in [0, 0.1) is 0 Å². The summed E-state index contributed by atoms with van der Waals surface area (Å²) in [6.07, 6.45) is 3.44. The second-order valence-electron chi connectivity index (χ2n) is 6.41. The Labute approximate surface area is 153 Å². The van der Waals surface area contributed by atoms with Crippen LogP contribution in [0.15, 0.2) is 54.7 Å². The fourth-order valence-electron chi connectivity index (χ4n) is 3.01. The number of ketones is 2. The molecule has 26 heavy (non-hydrogen) atoms. The third-order valence-corrected chi connectivity index (χ3v) is 4.28. The number of benzene rings is 2. The third kappa shape index (κ3) is 3.97. The van der Waals surface area contributed by atoms with Gasteiger partial charge in [-0.15, -0.1) is 0 Å². The normalized spacial score (nSPS) is 10.7. The van der Waals surface area contributed by atoms with Crippen molar-refractivity contribution >= 4 is 33.8 Å². The van der Waals surface area contributed by atoms with Gasteiger partial charge in [-0.2, -0.15) is 0 Å². The van der Waals surface area contributed by atoms with Crippen LogP contribution in [0.3, 0.4) is 0 Å². The Kier molecular flexibility index (Phi) is 5.42. The highest BCUT2D eigenvalue weighted by atomic mass is 16.1. The second-order valence-corrected chi connectivity index (χ2v) is 6.41. The maximum Gasteiger partial charge on any atom is 0.163 e. The quantitative estimate of drug-likeness (QED) is 0.605. The molecule has 0 spiro atoms. The Morgan fingerprint density at radius 2 is 1.85 bits per heavy atom. The van der Waals surface area contributed by atoms with Crippen LogP contribution in [0.5, 0.6) is 0 Å². The van der Waals surface area contributed by atoms with E-state index in [0.717, 1.165) is 34.3 Å². The predicted octanol–water partition coefficient (Wildman–Crippen LogP) is 5.09. The number of rotatable bonds is 7. The molecule has 2 aromatic carbocycles. The van der Waals surface area contributed by atoms with Crippen molar-refractivity contribution in [3.8, 4) is 0 Å². The number of carbonyl (C=O) groups is 2. The Morgan fingerprint density at radius 1 is 1.08 bits per heavy atom. The maximum atomic E-state index is 12.1. The molecule has 0 radical (unpaired) electrons. The average Bonchev–Trinajstić information content (AvgIpc) is 2.63. The van der Waals surface area contributed by atoms with E-state index in [2.05, 4.69) is 10.3 Å². The summed E-state index contributed by atoms with van der Waals surface area (Å²) < 4.78 is 0. The smallest absolute Gasteiger partial charge is 0.163 e. The predicted molar refractivity (Wildman–Crippen MR) is 105 cm³/mol. The van der Waals surface area contributed by atoms with Gasteiger partial charge in [-0.1, -0.05) is 31.2 Å². The summed E-state index contributed by atoms with van der Waals surface area (Å²) >= 11 is 0. The molecule has 0 unspecified atom stereocenters. The Morgan fingerprint density at radius 3 is 2.54 bits per heavy atom. The number of nitrogens with one attached hydrogen (secondary N) is 1. The van der Waals surface area contributed by atoms with Gasteiger partial charge in [0.05, 0.1) is 16.8 Å². The average molecular weight is 346 g/mol. The first kappa shape index (κ1) is 17.8. The number of pyridine rings is 1. The minimum atomic E-state index is -0.0507. The summed E-state index contributed by atoms with van der Waals surface area (Å²) in [5.74, 6) is 0.172. The number of para-hydroxylation sites is 1. The molecule has 0 fully saturated rings. The van der Waals surface area contributed by atoms with Crippen molar-refractivity contribution in [3.63, 3.8) is 0 Å². The largest absolute Gasteiger partial charge is 0.354 e. The van der Waals surface area contributed by atoms with Gasteiger partial charge >= 0.3 is 0 Å². The van der Waals surface area contributed by atoms with E-state index < -0.39 is 0 Å². The summed E-state index contributed by atoms with van der Waals surface area (Å²) in [6.45, 7) is 3.54. The number of hydrogen-bond acceptors (Lipinski definition) is 4. The number of nitrogens with zero attached hydrogens (tertiary/aromatic N) is 1. The third-order valence-electron chi connectivity index (χ3n) is 4.28. The molecular weight excluding hydrogens is 324 g/mol. The van der Waals surface area contributed by atoms with Crippen LogP contribution in [0.25, 0.3) is 10.9 Å². The monoisotopic (exact) mass is 346 g/mol. The van der Waals surface area contributed by atoms with Crippen molar-refractivity contribution < 1.29 is 9.59 Å². The van der Waals surface area contributed by atoms with Crippen molar-refractivity contribution in [1.82, 2.24) is 4.98 Å². The fourth-order valence-corrected chi connectivity index (χ4v) is 3.01. The summed E-state index contributed by atoms with van der Waals surface area (Å²) in [4.78, 5) is 28.5. The molecule has 0 saturated heterocycles. The Bertz CT molecular complexity index is 949. The molecule has 1 N–H and O–H groups in total. The molecule has 4 nitrogen and oxygen atoms in total. The van der Waals surface area contributed by atoms with Crippen molar-refractivity contribution in [1.29, 1.82) is 0 Å². The van der Waals surface area contributed by atoms with Crippen molar-refractivity contribution in [2.24, 2.45) is 0 Å². The topological polar surface area (TPSA) is 59.1 Å². The molecule has 0 bridgehead atoms. The number of hydrogen-bond donors (Lipinski definition) is 1. The summed E-state index contributed by atoms with van der Waals surface area (Å²) in [5.41, 5.74) is 3.90. The van der Waals surface area contributed by atoms with E-state index >= 15 is 0 Å². The van der Waals surface area contributed by atoms with E-state index in [1.807, 2.05) is 55.5 Å². The zero-order valence-electron chi connectivity index (χ0n) is 15.1. The van der Waals surface area contributed by atoms with E-state index in [9.17, 15) is 9.59 Å². The van der Waals surface area contributed by atoms with Crippen LogP contribution in [-0.4, -0.2) is 16.6 Å². The van der Waals surface area contributed by atoms with Gasteiger partial charge in [0.15, 0.2) is 5.78 Å². The number of Topliss-reactive ketones (excluding diaryl/α,β-unsaturated/α-hetero) is 2. The van der Waals surface area contributed by atoms with Gasteiger partial charge in [-0.3, -0.25) is 14.6 Å². The minimum absolute atomic E-state index is 0.0507. The van der Waals surface area contributed by atoms with Crippen molar-refractivity contribution in [3.05, 3.63) is 65.9 Å². The van der Waals surface area contributed by atoms with E-state index in [1.54, 1.807) is 6.20 Å². The molecule has 1 aromatic heterocycles. The first-order valence-electron chi connectivity index (χ1n) is 8.85. The second kappa shape index (κ2) is 7.91. The highest BCUT2D eigenvalue weighted by Gasteiger charge is 2.14. The van der Waals surface area contributed by atoms with Crippen molar-refractivity contribution in [2.45, 2.75) is 33.1 Å². The first-order valence-corrected chi connectivity index (χ1v) is 8.85. The molecule has 3 rings (SSSR count). The van der Waals surface area contributed by atoms with Crippen LogP contribution < -0.4 is 5.32 Å². The minimum Gasteiger partial charge on any atom is -0.354 e. The molecule has 0 amide bonds. The lowest BCUT2D eigenvalue weighted by Gasteiger charge is -2.14. The SMILES string of the molecule is CCCC(=O)Cc1ccc2ncc(C(C)=O)c(Nc3ccccc3)c2c1. The molecule has 0 atom stereocenters. The molecule has 4 heteroatoms. The van der Waals surface area contributed by atoms with Gasteiger partial charge in [-0.05, 0) is 43.2 Å². The molecule has 0 aliphatic heterocycles. The lowest BCUT2D eigenvalue weighted by molar-refractivity contribution is -0.118. The number of carbonyl (C=O) groups excluding carboxylic acids is 2. The van der Waals surface area contributed by atoms with Gasteiger partial charge in [-0.25, -0.2) is 0 Å². The standard InChI is InChI=1S/C22H22N2O2/c1-3-7-18(26)12-16-10-11-21-19(13-16)22(20(14-23-21)15(2)25)24-17-8-5-4-6-9-17/h4-6,8-11,13-14H,3,7,12H2,1-2H3,(H,23,24). The summed E-state index contributed by atoms with van der Waals surface area (Å²) in [6, 6.07) is 15.5. The molecule has 0 aliphatic rings. The van der Waals surface area contributed by atoms with Crippen LogP contribution >= 0.6 is 0 Å². The van der Waals surface area contributed by atoms with Gasteiger partial charge in [0.2, 0.25) is 0 Å². The molecule has 132 valence electrons. The fraction of sp³-hybridized carbons (Fsp3) is 0.227. The molecule has 0 aliphatic carbocycles. The number of fused-ring (bicyclic) bond motifs is 1. The van der Waals surface area contributed by atoms with Crippen LogP contribution in [-0.2, 0) is 11.2 Å². The van der Waals surface area contributed by atoms with E-state index in [0.29, 0.717) is 18.4 Å². The van der Waals surface area contributed by atoms with E-state index in [1.165, 1.54) is 6.92 Å². The van der Waals surface area contributed by atoms with Crippen LogP contribution in [0.4, 0.5) is 11.4 Å². The zero-order chi connectivity index (χ0) is 18.5. The highest BCUT2D eigenvalue weighted by molar-refractivity contribution is 6.08. The van der Waals surface area contributed by atoms with Gasteiger partial charge < -0.3 is 5.32 Å². The highest BCUT2D eigenvalue weighted by Crippen LogP contribution is 2.30. The summed E-state index contributed by atoms with van der Waals surface area (Å²) in [5, 5.41) is 4.21. The molecule has 1 heterocycles. The van der Waals surface area contributed by atoms with Crippen LogP contribution in [0.1, 0.15) is 42.6 Å². The summed E-state index contributed by atoms with van der Waals surface area (Å²) in [7, 11) is 0. The lowest BCUT2D eigenvalue weighted by atomic mass is 10.0. The zero-order valence-corrected chi connectivity index (χ0v) is 15.1. The van der Waals surface area contributed by atoms with Crippen molar-refractivity contribution in [2.75, 3.05) is 5.32 Å². The van der Waals surface area contributed by atoms with E-state index in [4.69, 9.17) is 0 Å². The van der Waals surface area contributed by atoms with Gasteiger partial charge in [0.1, 0.15) is 5.78 Å². The molecule has 0 saturated carbocycles. The lowest BCUT2D eigenvalue weighted by Crippen LogP contribution is -2.05. The van der Waals surface area contributed by atoms with E-state index in [-0.39, 0.29) is 11.6 Å². The number of anilines is 2. The molecular formula is C22H22N2O2. The molecule has 3 aromatic rings. The maximum absolute atomic E-state index is 12.1. The Balaban J connectivity index is 2.09. The van der Waals surface area contributed by atoms with Crippen LogP contribution in [0.2, 0.25) is 0 Å². The van der Waals surface area contributed by atoms with Gasteiger partial charge in [0, 0.05) is 30.1 Å². The Hall–Kier alpha value is -3.01. The van der Waals surface area contributed by atoms with Gasteiger partial charge in [0.25, 0.3) is 0 Å². The number of aromatic nitrogens is 1.